The largest absolute Gasteiger partial charge is 0.308 e. The van der Waals surface area contributed by atoms with Gasteiger partial charge in [0.25, 0.3) is 0 Å². The SMILES string of the molecule is Cc1cc(C)nc(-c2c(-n3c4cc(-c5nc(C)nc(C)n5)ccc4c4ccc(-c5nc(C)nc(C)n5)cc43)cc(C#N)cc2-n2c3cc(-c4nc(C)nc(C)n4)ccc3c3ccc(-c4nc(C)nc(C)n4)cc32)n1. The molecule has 0 unspecified atom stereocenters. The van der Waals surface area contributed by atoms with Gasteiger partial charge in [0.2, 0.25) is 0 Å². The number of nitriles is 1. The first kappa shape index (κ1) is 45.4. The molecule has 0 saturated carbocycles. The molecule has 0 aliphatic rings. The van der Waals surface area contributed by atoms with Crippen LogP contribution in [-0.2, 0) is 0 Å². The van der Waals surface area contributed by atoms with Crippen molar-refractivity contribution in [2.24, 2.45) is 0 Å². The Labute approximate surface area is 424 Å². The lowest BCUT2D eigenvalue weighted by Crippen LogP contribution is -2.08. The number of hydrogen-bond acceptors (Lipinski definition) is 15. The summed E-state index contributed by atoms with van der Waals surface area (Å²) in [5.41, 5.74) is 10.4. The summed E-state index contributed by atoms with van der Waals surface area (Å²) in [7, 11) is 0. The molecule has 0 aliphatic heterocycles. The zero-order chi connectivity index (χ0) is 51.3. The second-order valence-corrected chi connectivity index (χ2v) is 18.6. The van der Waals surface area contributed by atoms with Gasteiger partial charge >= 0.3 is 0 Å². The summed E-state index contributed by atoms with van der Waals surface area (Å²) in [6.45, 7) is 18.9. The zero-order valence-electron chi connectivity index (χ0n) is 42.3. The van der Waals surface area contributed by atoms with Gasteiger partial charge < -0.3 is 9.13 Å². The normalized spacial score (nSPS) is 11.6. The second-order valence-electron chi connectivity index (χ2n) is 18.6. The van der Waals surface area contributed by atoms with Gasteiger partial charge in [-0.05, 0) is 112 Å². The van der Waals surface area contributed by atoms with Crippen LogP contribution in [0.4, 0.5) is 0 Å². The van der Waals surface area contributed by atoms with E-state index in [2.05, 4.69) is 83.7 Å². The van der Waals surface area contributed by atoms with E-state index in [1.165, 1.54) is 0 Å². The molecule has 17 nitrogen and oxygen atoms in total. The van der Waals surface area contributed by atoms with Crippen molar-refractivity contribution < 1.29 is 0 Å². The van der Waals surface area contributed by atoms with Crippen molar-refractivity contribution in [2.75, 3.05) is 0 Å². The zero-order valence-corrected chi connectivity index (χ0v) is 42.3. The lowest BCUT2D eigenvalue weighted by Gasteiger charge is -2.20. The minimum absolute atomic E-state index is 0.396. The molecule has 12 aromatic rings. The van der Waals surface area contributed by atoms with E-state index in [1.807, 2.05) is 112 Å². The molecule has 0 atom stereocenters. The number of hydrogen-bond donors (Lipinski definition) is 0. The topological polar surface area (TPSA) is 214 Å². The highest BCUT2D eigenvalue weighted by atomic mass is 15.1. The third-order valence-electron chi connectivity index (χ3n) is 12.9. The van der Waals surface area contributed by atoms with Crippen LogP contribution >= 0.6 is 0 Å². The first-order valence-corrected chi connectivity index (χ1v) is 24.0. The van der Waals surface area contributed by atoms with Gasteiger partial charge in [0.15, 0.2) is 29.1 Å². The second kappa shape index (κ2) is 17.3. The summed E-state index contributed by atoms with van der Waals surface area (Å²) < 4.78 is 4.38. The van der Waals surface area contributed by atoms with E-state index >= 15 is 0 Å². The van der Waals surface area contributed by atoms with Crippen LogP contribution in [0.25, 0.3) is 112 Å². The molecule has 12 rings (SSSR count). The molecule has 7 aromatic heterocycles. The van der Waals surface area contributed by atoms with Gasteiger partial charge in [-0.3, -0.25) is 0 Å². The number of rotatable bonds is 7. The Hall–Kier alpha value is -9.69. The van der Waals surface area contributed by atoms with E-state index in [4.69, 9.17) is 49.8 Å². The third kappa shape index (κ3) is 7.89. The molecule has 0 aliphatic carbocycles. The molecule has 0 fully saturated rings. The Morgan fingerprint density at radius 1 is 0.311 bits per heavy atom. The molecule has 0 saturated heterocycles. The maximum Gasteiger partial charge on any atom is 0.163 e. The Kier molecular flexibility index (Phi) is 10.6. The van der Waals surface area contributed by atoms with Crippen molar-refractivity contribution in [2.45, 2.75) is 69.2 Å². The molecule has 0 radical (unpaired) electrons. The van der Waals surface area contributed by atoms with Gasteiger partial charge in [0, 0.05) is 55.2 Å². The van der Waals surface area contributed by atoms with Crippen LogP contribution in [0, 0.1) is 80.6 Å². The molecule has 7 heterocycles. The number of aromatic nitrogens is 16. The lowest BCUT2D eigenvalue weighted by molar-refractivity contribution is 0.928. The number of nitrogens with zero attached hydrogens (tertiary/aromatic N) is 17. The van der Waals surface area contributed by atoms with Crippen LogP contribution in [0.3, 0.4) is 0 Å². The predicted molar refractivity (Wildman–Crippen MR) is 284 cm³/mol. The van der Waals surface area contributed by atoms with E-state index in [0.29, 0.717) is 98.2 Å². The Bertz CT molecular complexity index is 3850. The molecule has 0 spiro atoms. The fraction of sp³-hybridized carbons (Fsp3) is 0.175. The van der Waals surface area contributed by atoms with Crippen molar-refractivity contribution in [1.82, 2.24) is 78.9 Å². The van der Waals surface area contributed by atoms with Gasteiger partial charge in [0.05, 0.1) is 50.6 Å². The van der Waals surface area contributed by atoms with Gasteiger partial charge in [-0.1, -0.05) is 48.5 Å². The molecular formula is C57H45N17. The summed E-state index contributed by atoms with van der Waals surface area (Å²) in [5, 5.41) is 15.1. The monoisotopic (exact) mass is 967 g/mol. The fourth-order valence-electron chi connectivity index (χ4n) is 10.2. The molecule has 74 heavy (non-hydrogen) atoms. The highest BCUT2D eigenvalue weighted by Crippen LogP contribution is 2.44. The Balaban J connectivity index is 1.26. The molecule has 0 amide bonds. The van der Waals surface area contributed by atoms with E-state index in [0.717, 1.165) is 77.3 Å². The summed E-state index contributed by atoms with van der Waals surface area (Å²) in [4.78, 5) is 66.7. The lowest BCUT2D eigenvalue weighted by atomic mass is 10.0. The first-order chi connectivity index (χ1) is 35.6. The maximum atomic E-state index is 11.3. The minimum Gasteiger partial charge on any atom is -0.308 e. The predicted octanol–water partition coefficient (Wildman–Crippen LogP) is 10.7. The maximum absolute atomic E-state index is 11.3. The molecule has 0 bridgehead atoms. The third-order valence-corrected chi connectivity index (χ3v) is 12.9. The van der Waals surface area contributed by atoms with E-state index < -0.39 is 0 Å². The van der Waals surface area contributed by atoms with Crippen LogP contribution in [0.15, 0.2) is 91.0 Å². The van der Waals surface area contributed by atoms with Crippen molar-refractivity contribution in [3.63, 3.8) is 0 Å². The highest BCUT2D eigenvalue weighted by molar-refractivity contribution is 6.13. The van der Waals surface area contributed by atoms with E-state index in [-0.39, 0.29) is 0 Å². The van der Waals surface area contributed by atoms with Crippen LogP contribution in [-0.4, -0.2) is 78.9 Å². The molecule has 0 N–H and O–H groups in total. The number of aryl methyl sites for hydroxylation is 10. The molecule has 358 valence electrons. The van der Waals surface area contributed by atoms with E-state index in [9.17, 15) is 5.26 Å². The summed E-state index contributed by atoms with van der Waals surface area (Å²) in [6.07, 6.45) is 0. The summed E-state index contributed by atoms with van der Waals surface area (Å²) in [5.74, 6) is 7.51. The quantitative estimate of drug-likeness (QED) is 0.145. The van der Waals surface area contributed by atoms with Gasteiger partial charge in [-0.25, -0.2) is 69.8 Å². The van der Waals surface area contributed by atoms with Crippen molar-refractivity contribution in [1.29, 1.82) is 5.26 Å². The average molecular weight is 968 g/mol. The van der Waals surface area contributed by atoms with Crippen LogP contribution in [0.1, 0.15) is 63.5 Å². The molecule has 5 aromatic carbocycles. The average Bonchev–Trinajstić information content (AvgIpc) is 3.87. The molecular weight excluding hydrogens is 923 g/mol. The first-order valence-electron chi connectivity index (χ1n) is 24.0. The Morgan fingerprint density at radius 3 is 0.838 bits per heavy atom. The standard InChI is InChI=1S/C57H45N17/c1-27-19-28(2)60-57(59-27)52-50(73-46-22-38(53-65-29(3)61-30(4)66-53)11-15-42(46)43-16-12-39(23-47(43)73)54-67-31(5)62-32(6)68-54)20-37(26-58)21-51(52)74-48-24-40(55-69-33(7)63-34(8)70-55)13-17-44(48)45-18-14-41(25-49(45)74)56-71-35(9)64-36(10)72-56/h11-25H,1-10H3. The van der Waals surface area contributed by atoms with Crippen molar-refractivity contribution in [3.8, 4) is 74.4 Å². The highest BCUT2D eigenvalue weighted by Gasteiger charge is 2.27. The fourth-order valence-corrected chi connectivity index (χ4v) is 10.2. The van der Waals surface area contributed by atoms with Gasteiger partial charge in [-0.15, -0.1) is 0 Å². The number of benzene rings is 5. The van der Waals surface area contributed by atoms with Crippen molar-refractivity contribution >= 4 is 43.6 Å². The van der Waals surface area contributed by atoms with Gasteiger partial charge in [-0.2, -0.15) is 5.26 Å². The van der Waals surface area contributed by atoms with Crippen LogP contribution in [0.2, 0.25) is 0 Å². The van der Waals surface area contributed by atoms with Crippen LogP contribution in [0.5, 0.6) is 0 Å². The summed E-state index contributed by atoms with van der Waals surface area (Å²) >= 11 is 0. The minimum atomic E-state index is 0.396. The van der Waals surface area contributed by atoms with Crippen LogP contribution < -0.4 is 0 Å². The van der Waals surface area contributed by atoms with Crippen molar-refractivity contribution in [3.05, 3.63) is 155 Å². The number of fused-ring (bicyclic) bond motifs is 6. The Morgan fingerprint density at radius 2 is 0.581 bits per heavy atom. The summed E-state index contributed by atoms with van der Waals surface area (Å²) in [6, 6.07) is 33.3. The molecule has 17 heteroatoms. The van der Waals surface area contributed by atoms with E-state index in [1.54, 1.807) is 0 Å². The van der Waals surface area contributed by atoms with Gasteiger partial charge in [0.1, 0.15) is 46.6 Å². The smallest absolute Gasteiger partial charge is 0.163 e.